The third kappa shape index (κ3) is 4.34. The van der Waals surface area contributed by atoms with E-state index < -0.39 is 0 Å². The van der Waals surface area contributed by atoms with Gasteiger partial charge in [0, 0.05) is 44.2 Å². The van der Waals surface area contributed by atoms with Gasteiger partial charge in [0.1, 0.15) is 18.2 Å². The number of aromatic nitrogens is 3. The first kappa shape index (κ1) is 18.9. The van der Waals surface area contributed by atoms with Crippen molar-refractivity contribution in [2.24, 2.45) is 7.05 Å². The summed E-state index contributed by atoms with van der Waals surface area (Å²) >= 11 is 0. The molecule has 4 rings (SSSR count). The molecule has 0 spiro atoms. The van der Waals surface area contributed by atoms with Gasteiger partial charge < -0.3 is 9.64 Å². The summed E-state index contributed by atoms with van der Waals surface area (Å²) in [5.41, 5.74) is 2.46. The number of ether oxygens (including phenoxy) is 1. The second-order valence-electron chi connectivity index (χ2n) is 6.89. The van der Waals surface area contributed by atoms with Crippen molar-refractivity contribution in [2.75, 3.05) is 24.6 Å². The summed E-state index contributed by atoms with van der Waals surface area (Å²) in [7, 11) is 1.73. The molecule has 0 bridgehead atoms. The van der Waals surface area contributed by atoms with E-state index in [0.717, 1.165) is 24.1 Å². The van der Waals surface area contributed by atoms with Crippen LogP contribution in [0.5, 0.6) is 5.75 Å². The molecular formula is C22H21FN4O2. The summed E-state index contributed by atoms with van der Waals surface area (Å²) in [5, 5.41) is 0. The lowest BCUT2D eigenvalue weighted by Gasteiger charge is -2.29. The predicted octanol–water partition coefficient (Wildman–Crippen LogP) is 3.20. The molecule has 3 heterocycles. The van der Waals surface area contributed by atoms with Gasteiger partial charge in [0.15, 0.2) is 0 Å². The second kappa shape index (κ2) is 8.26. The number of halogens is 1. The normalized spacial score (nSPS) is 13.9. The topological polar surface area (TPSA) is 60.2 Å². The summed E-state index contributed by atoms with van der Waals surface area (Å²) in [6, 6.07) is 11.2. The number of nitrogens with zero attached hydrogens (tertiary/aromatic N) is 4. The monoisotopic (exact) mass is 392 g/mol. The molecule has 0 N–H and O–H groups in total. The average Bonchev–Trinajstić information content (AvgIpc) is 2.76. The minimum atomic E-state index is -0.290. The molecule has 1 aliphatic rings. The highest BCUT2D eigenvalue weighted by Crippen LogP contribution is 2.21. The lowest BCUT2D eigenvalue weighted by Crippen LogP contribution is -2.36. The van der Waals surface area contributed by atoms with E-state index in [1.54, 1.807) is 36.1 Å². The number of hydrogen-bond donors (Lipinski definition) is 0. The van der Waals surface area contributed by atoms with Gasteiger partial charge in [0.05, 0.1) is 5.69 Å². The van der Waals surface area contributed by atoms with Crippen molar-refractivity contribution in [3.8, 4) is 17.0 Å². The summed E-state index contributed by atoms with van der Waals surface area (Å²) in [5.74, 6) is 0.952. The molecule has 1 aromatic carbocycles. The molecule has 0 fully saturated rings. The van der Waals surface area contributed by atoms with Crippen LogP contribution in [0.15, 0.2) is 71.3 Å². The van der Waals surface area contributed by atoms with Crippen LogP contribution in [0.4, 0.5) is 10.3 Å². The minimum Gasteiger partial charge on any atom is -0.489 e. The first-order chi connectivity index (χ1) is 14.1. The Morgan fingerprint density at radius 1 is 1.14 bits per heavy atom. The van der Waals surface area contributed by atoms with Gasteiger partial charge in [-0.2, -0.15) is 0 Å². The molecule has 0 radical (unpaired) electrons. The lowest BCUT2D eigenvalue weighted by molar-refractivity contribution is 0.346. The van der Waals surface area contributed by atoms with Crippen molar-refractivity contribution < 1.29 is 9.13 Å². The van der Waals surface area contributed by atoms with Gasteiger partial charge in [-0.3, -0.25) is 14.3 Å². The van der Waals surface area contributed by atoms with Crippen LogP contribution < -0.4 is 15.2 Å². The summed E-state index contributed by atoms with van der Waals surface area (Å²) in [6.45, 7) is 1.78. The fraction of sp³-hybridized carbons (Fsp3) is 0.227. The minimum absolute atomic E-state index is 0.111. The molecule has 3 aromatic rings. The number of pyridine rings is 1. The molecular weight excluding hydrogens is 371 g/mol. The van der Waals surface area contributed by atoms with Gasteiger partial charge in [-0.25, -0.2) is 9.37 Å². The highest BCUT2D eigenvalue weighted by molar-refractivity contribution is 5.59. The first-order valence-electron chi connectivity index (χ1n) is 9.40. The van der Waals surface area contributed by atoms with Crippen molar-refractivity contribution in [1.82, 2.24) is 14.5 Å². The highest BCUT2D eigenvalue weighted by atomic mass is 19.1. The zero-order chi connectivity index (χ0) is 20.2. The maximum absolute atomic E-state index is 13.0. The molecule has 0 aliphatic carbocycles. The smallest absolute Gasteiger partial charge is 0.255 e. The Hall–Kier alpha value is -3.48. The van der Waals surface area contributed by atoms with E-state index in [0.29, 0.717) is 30.5 Å². The van der Waals surface area contributed by atoms with E-state index in [9.17, 15) is 9.18 Å². The number of hydrogen-bond acceptors (Lipinski definition) is 5. The molecule has 0 saturated carbocycles. The Kier molecular flexibility index (Phi) is 5.37. The van der Waals surface area contributed by atoms with E-state index in [-0.39, 0.29) is 11.4 Å². The second-order valence-corrected chi connectivity index (χ2v) is 6.89. The van der Waals surface area contributed by atoms with Gasteiger partial charge in [0.25, 0.3) is 5.56 Å². The largest absolute Gasteiger partial charge is 0.489 e. The third-order valence-corrected chi connectivity index (χ3v) is 4.83. The molecule has 0 atom stereocenters. The van der Waals surface area contributed by atoms with Gasteiger partial charge in [-0.05, 0) is 48.4 Å². The van der Waals surface area contributed by atoms with E-state index in [1.807, 2.05) is 12.1 Å². The highest BCUT2D eigenvalue weighted by Gasteiger charge is 2.19. The summed E-state index contributed by atoms with van der Waals surface area (Å²) in [6.07, 6.45) is 6.34. The molecule has 29 heavy (non-hydrogen) atoms. The lowest BCUT2D eigenvalue weighted by atomic mass is 10.1. The van der Waals surface area contributed by atoms with Crippen LogP contribution in [0.2, 0.25) is 0 Å². The Morgan fingerprint density at radius 2 is 1.90 bits per heavy atom. The Balaban J connectivity index is 1.53. The Labute approximate surface area is 167 Å². The van der Waals surface area contributed by atoms with Crippen LogP contribution >= 0.6 is 0 Å². The van der Waals surface area contributed by atoms with Crippen molar-refractivity contribution in [3.63, 3.8) is 0 Å². The van der Waals surface area contributed by atoms with Crippen LogP contribution in [0, 0.1) is 5.82 Å². The van der Waals surface area contributed by atoms with Crippen LogP contribution in [-0.4, -0.2) is 34.2 Å². The Morgan fingerprint density at radius 3 is 2.66 bits per heavy atom. The van der Waals surface area contributed by atoms with Crippen LogP contribution in [-0.2, 0) is 7.05 Å². The maximum atomic E-state index is 13.0. The van der Waals surface area contributed by atoms with E-state index >= 15 is 0 Å². The van der Waals surface area contributed by atoms with Gasteiger partial charge >= 0.3 is 0 Å². The fourth-order valence-electron chi connectivity index (χ4n) is 3.28. The molecule has 0 amide bonds. The van der Waals surface area contributed by atoms with Gasteiger partial charge in [-0.1, -0.05) is 6.08 Å². The zero-order valence-electron chi connectivity index (χ0n) is 16.1. The summed E-state index contributed by atoms with van der Waals surface area (Å²) in [4.78, 5) is 23.3. The van der Waals surface area contributed by atoms with Crippen molar-refractivity contribution in [1.29, 1.82) is 0 Å². The fourth-order valence-corrected chi connectivity index (χ4v) is 3.28. The van der Waals surface area contributed by atoms with Crippen LogP contribution in [0.25, 0.3) is 11.3 Å². The quantitative estimate of drug-likeness (QED) is 0.624. The molecule has 0 saturated heterocycles. The maximum Gasteiger partial charge on any atom is 0.255 e. The number of benzene rings is 1. The third-order valence-electron chi connectivity index (χ3n) is 4.83. The van der Waals surface area contributed by atoms with E-state index in [4.69, 9.17) is 9.72 Å². The predicted molar refractivity (Wildman–Crippen MR) is 110 cm³/mol. The van der Waals surface area contributed by atoms with Crippen molar-refractivity contribution in [3.05, 3.63) is 82.7 Å². The van der Waals surface area contributed by atoms with E-state index in [1.165, 1.54) is 18.2 Å². The van der Waals surface area contributed by atoms with Crippen molar-refractivity contribution >= 4 is 5.95 Å². The van der Waals surface area contributed by atoms with Crippen molar-refractivity contribution in [2.45, 2.75) is 6.42 Å². The number of rotatable bonds is 5. The first-order valence-corrected chi connectivity index (χ1v) is 9.40. The van der Waals surface area contributed by atoms with Crippen LogP contribution in [0.3, 0.4) is 0 Å². The Bertz CT molecular complexity index is 1080. The zero-order valence-corrected chi connectivity index (χ0v) is 16.1. The van der Waals surface area contributed by atoms with Gasteiger partial charge in [-0.15, -0.1) is 0 Å². The molecule has 1 aliphatic heterocycles. The van der Waals surface area contributed by atoms with Crippen LogP contribution in [0.1, 0.15) is 6.42 Å². The summed E-state index contributed by atoms with van der Waals surface area (Å²) < 4.78 is 20.4. The molecule has 7 heteroatoms. The molecule has 2 aromatic heterocycles. The molecule has 0 unspecified atom stereocenters. The molecule has 148 valence electrons. The molecule has 6 nitrogen and oxygen atoms in total. The number of anilines is 1. The SMILES string of the molecule is Cn1c(N2CCC=C(COc3ccc(F)cc3)C2)nc(-c2ccncc2)cc1=O. The van der Waals surface area contributed by atoms with E-state index in [2.05, 4.69) is 16.0 Å². The standard InChI is InChI=1S/C22H21FN4O2/c1-26-21(28)13-20(17-8-10-24-11-9-17)25-22(26)27-12-2-3-16(14-27)15-29-19-6-4-18(23)5-7-19/h3-11,13H,2,12,14-15H2,1H3. The average molecular weight is 392 g/mol. The van der Waals surface area contributed by atoms with Gasteiger partial charge in [0.2, 0.25) is 5.95 Å².